The zero-order chi connectivity index (χ0) is 18.2. The van der Waals surface area contributed by atoms with Crippen molar-refractivity contribution in [1.29, 1.82) is 0 Å². The summed E-state index contributed by atoms with van der Waals surface area (Å²) in [6, 6.07) is 11.0. The van der Waals surface area contributed by atoms with E-state index in [2.05, 4.69) is 50.2 Å². The molecule has 0 spiro atoms. The second-order valence-electron chi connectivity index (χ2n) is 7.04. The Labute approximate surface area is 162 Å². The number of aromatic nitrogens is 4. The maximum absolute atomic E-state index is 4.92. The van der Waals surface area contributed by atoms with Crippen LogP contribution in [0.1, 0.15) is 18.7 Å². The number of hydrogen-bond acceptors (Lipinski definition) is 5. The molecule has 27 heavy (non-hydrogen) atoms. The van der Waals surface area contributed by atoms with Gasteiger partial charge in [0.25, 0.3) is 0 Å². The third kappa shape index (κ3) is 3.00. The molecule has 5 nitrogen and oxygen atoms in total. The summed E-state index contributed by atoms with van der Waals surface area (Å²) >= 11 is 1.71. The highest BCUT2D eigenvalue weighted by molar-refractivity contribution is 7.17. The predicted octanol–water partition coefficient (Wildman–Crippen LogP) is 4.53. The molecular weight excluding hydrogens is 354 g/mol. The van der Waals surface area contributed by atoms with E-state index in [0.717, 1.165) is 29.6 Å². The van der Waals surface area contributed by atoms with Crippen LogP contribution in [0.4, 0.5) is 5.82 Å². The van der Waals surface area contributed by atoms with E-state index < -0.39 is 0 Å². The van der Waals surface area contributed by atoms with Crippen LogP contribution in [0.3, 0.4) is 0 Å². The van der Waals surface area contributed by atoms with Crippen molar-refractivity contribution in [3.63, 3.8) is 0 Å². The Kier molecular flexibility index (Phi) is 4.13. The number of aryl methyl sites for hydroxylation is 1. The van der Waals surface area contributed by atoms with Crippen molar-refractivity contribution in [1.82, 2.24) is 19.5 Å². The van der Waals surface area contributed by atoms with Gasteiger partial charge in [0.15, 0.2) is 0 Å². The van der Waals surface area contributed by atoms with Gasteiger partial charge in [0.1, 0.15) is 16.5 Å². The lowest BCUT2D eigenvalue weighted by molar-refractivity contribution is 0.547. The van der Waals surface area contributed by atoms with Crippen LogP contribution in [0, 0.1) is 6.92 Å². The number of thiophene rings is 1. The summed E-state index contributed by atoms with van der Waals surface area (Å²) in [5.74, 6) is 1.92. The Bertz CT molecular complexity index is 1060. The highest BCUT2D eigenvalue weighted by Crippen LogP contribution is 2.40. The zero-order valence-corrected chi connectivity index (χ0v) is 16.1. The summed E-state index contributed by atoms with van der Waals surface area (Å²) in [6.07, 6.45) is 8.15. The molecule has 1 aliphatic rings. The highest BCUT2D eigenvalue weighted by atomic mass is 32.1. The molecule has 1 unspecified atom stereocenters. The molecule has 0 aliphatic carbocycles. The van der Waals surface area contributed by atoms with Gasteiger partial charge in [-0.05, 0) is 25.3 Å². The van der Waals surface area contributed by atoms with Gasteiger partial charge < -0.3 is 9.47 Å². The number of hydrogen-bond donors (Lipinski definition) is 0. The fourth-order valence-corrected chi connectivity index (χ4v) is 4.99. The summed E-state index contributed by atoms with van der Waals surface area (Å²) in [6.45, 7) is 3.97. The molecule has 5 rings (SSSR count). The zero-order valence-electron chi connectivity index (χ0n) is 15.2. The average molecular weight is 376 g/mol. The fourth-order valence-electron chi connectivity index (χ4n) is 4.01. The van der Waals surface area contributed by atoms with Gasteiger partial charge in [0.2, 0.25) is 0 Å². The lowest BCUT2D eigenvalue weighted by Crippen LogP contribution is -2.33. The van der Waals surface area contributed by atoms with Crippen LogP contribution in [0.5, 0.6) is 0 Å². The van der Waals surface area contributed by atoms with Crippen molar-refractivity contribution in [2.24, 2.45) is 0 Å². The van der Waals surface area contributed by atoms with Crippen molar-refractivity contribution in [3.05, 3.63) is 60.3 Å². The second-order valence-corrected chi connectivity index (χ2v) is 7.90. The first-order valence-corrected chi connectivity index (χ1v) is 10.2. The predicted molar refractivity (Wildman–Crippen MR) is 110 cm³/mol. The summed E-state index contributed by atoms with van der Waals surface area (Å²) < 4.78 is 2.17. The minimum atomic E-state index is 0.431. The van der Waals surface area contributed by atoms with E-state index in [0.29, 0.717) is 6.04 Å². The number of fused-ring (bicyclic) bond motifs is 1. The smallest absolute Gasteiger partial charge is 0.142 e. The first-order chi connectivity index (χ1) is 13.3. The van der Waals surface area contributed by atoms with Crippen LogP contribution < -0.4 is 4.90 Å². The Hall–Kier alpha value is -2.73. The number of imidazole rings is 1. The third-order valence-corrected chi connectivity index (χ3v) is 6.11. The van der Waals surface area contributed by atoms with Crippen molar-refractivity contribution in [2.75, 3.05) is 11.4 Å². The fraction of sp³-hybridized carbons (Fsp3) is 0.286. The SMILES string of the molecule is Cc1nc(N2CCCC2Cn2ccnc2)c2c(-c3ccccc3)csc2n1. The van der Waals surface area contributed by atoms with Crippen molar-refractivity contribution >= 4 is 27.4 Å². The molecule has 1 atom stereocenters. The Morgan fingerprint density at radius 1 is 1.19 bits per heavy atom. The van der Waals surface area contributed by atoms with E-state index >= 15 is 0 Å². The Balaban J connectivity index is 1.62. The van der Waals surface area contributed by atoms with Gasteiger partial charge in [-0.2, -0.15) is 0 Å². The maximum Gasteiger partial charge on any atom is 0.142 e. The molecule has 0 amide bonds. The molecule has 1 saturated heterocycles. The normalized spacial score (nSPS) is 17.1. The van der Waals surface area contributed by atoms with Crippen LogP contribution in [0.25, 0.3) is 21.3 Å². The first-order valence-electron chi connectivity index (χ1n) is 9.33. The molecule has 0 bridgehead atoms. The molecule has 136 valence electrons. The summed E-state index contributed by atoms with van der Waals surface area (Å²) in [5.41, 5.74) is 2.46. The van der Waals surface area contributed by atoms with Gasteiger partial charge in [-0.25, -0.2) is 15.0 Å². The number of nitrogens with zero attached hydrogens (tertiary/aromatic N) is 5. The van der Waals surface area contributed by atoms with Crippen LogP contribution in [0.15, 0.2) is 54.4 Å². The standard InChI is InChI=1S/C21H21N5S/c1-15-23-20(26-10-5-8-17(26)12-25-11-9-22-14-25)19-18(13-27-21(19)24-15)16-6-3-2-4-7-16/h2-4,6-7,9,11,13-14,17H,5,8,10,12H2,1H3. The molecule has 0 radical (unpaired) electrons. The largest absolute Gasteiger partial charge is 0.351 e. The summed E-state index contributed by atoms with van der Waals surface area (Å²) in [4.78, 5) is 17.4. The van der Waals surface area contributed by atoms with Gasteiger partial charge in [0, 0.05) is 42.5 Å². The topological polar surface area (TPSA) is 46.8 Å². The van der Waals surface area contributed by atoms with Crippen LogP contribution in [-0.4, -0.2) is 32.1 Å². The molecule has 6 heteroatoms. The highest BCUT2D eigenvalue weighted by Gasteiger charge is 2.29. The van der Waals surface area contributed by atoms with E-state index in [-0.39, 0.29) is 0 Å². The minimum absolute atomic E-state index is 0.431. The van der Waals surface area contributed by atoms with Gasteiger partial charge in [-0.1, -0.05) is 30.3 Å². The molecule has 1 aromatic carbocycles. The lowest BCUT2D eigenvalue weighted by Gasteiger charge is -2.27. The number of anilines is 1. The molecule has 4 heterocycles. The van der Waals surface area contributed by atoms with Crippen LogP contribution >= 0.6 is 11.3 Å². The summed E-state index contributed by atoms with van der Waals surface area (Å²) in [5, 5.41) is 3.41. The molecular formula is C21H21N5S. The molecule has 4 aromatic rings. The van der Waals surface area contributed by atoms with Gasteiger partial charge in [-0.3, -0.25) is 0 Å². The van der Waals surface area contributed by atoms with Gasteiger partial charge >= 0.3 is 0 Å². The first kappa shape index (κ1) is 16.4. The van der Waals surface area contributed by atoms with E-state index in [1.54, 1.807) is 11.3 Å². The Morgan fingerprint density at radius 3 is 2.89 bits per heavy atom. The van der Waals surface area contributed by atoms with E-state index in [1.807, 2.05) is 25.6 Å². The second kappa shape index (κ2) is 6.78. The van der Waals surface area contributed by atoms with Crippen LogP contribution in [-0.2, 0) is 6.54 Å². The summed E-state index contributed by atoms with van der Waals surface area (Å²) in [7, 11) is 0. The molecule has 1 aliphatic heterocycles. The van der Waals surface area contributed by atoms with E-state index in [1.165, 1.54) is 29.4 Å². The molecule has 0 N–H and O–H groups in total. The van der Waals surface area contributed by atoms with E-state index in [4.69, 9.17) is 9.97 Å². The maximum atomic E-state index is 4.92. The average Bonchev–Trinajstić information content (AvgIpc) is 3.43. The van der Waals surface area contributed by atoms with Crippen molar-refractivity contribution < 1.29 is 0 Å². The van der Waals surface area contributed by atoms with Crippen LogP contribution in [0.2, 0.25) is 0 Å². The molecule has 1 fully saturated rings. The van der Waals surface area contributed by atoms with E-state index in [9.17, 15) is 0 Å². The van der Waals surface area contributed by atoms with Gasteiger partial charge in [0.05, 0.1) is 11.7 Å². The lowest BCUT2D eigenvalue weighted by atomic mass is 10.1. The van der Waals surface area contributed by atoms with Crippen molar-refractivity contribution in [3.8, 4) is 11.1 Å². The number of rotatable bonds is 4. The molecule has 3 aromatic heterocycles. The Morgan fingerprint density at radius 2 is 2.07 bits per heavy atom. The van der Waals surface area contributed by atoms with Crippen molar-refractivity contribution in [2.45, 2.75) is 32.4 Å². The minimum Gasteiger partial charge on any atom is -0.351 e. The number of benzene rings is 1. The third-order valence-electron chi connectivity index (χ3n) is 5.24. The molecule has 0 saturated carbocycles. The quantitative estimate of drug-likeness (QED) is 0.526. The van der Waals surface area contributed by atoms with Gasteiger partial charge in [-0.15, -0.1) is 11.3 Å². The monoisotopic (exact) mass is 375 g/mol.